The second-order valence-corrected chi connectivity index (χ2v) is 5.12. The molecule has 0 fully saturated rings. The van der Waals surface area contributed by atoms with Crippen molar-refractivity contribution in [1.29, 1.82) is 0 Å². The first-order chi connectivity index (χ1) is 11.0. The normalized spacial score (nSPS) is 11.4. The smallest absolute Gasteiger partial charge is 0.339 e. The molecule has 1 amide bonds. The van der Waals surface area contributed by atoms with E-state index in [1.54, 1.807) is 55.5 Å². The third-order valence-electron chi connectivity index (χ3n) is 3.10. The Morgan fingerprint density at radius 1 is 1.09 bits per heavy atom. The highest BCUT2D eigenvalue weighted by molar-refractivity contribution is 6.32. The topological polar surface area (TPSA) is 64.6 Å². The summed E-state index contributed by atoms with van der Waals surface area (Å²) in [5.41, 5.74) is 0.632. The van der Waals surface area contributed by atoms with Gasteiger partial charge in [0.05, 0.1) is 23.4 Å². The van der Waals surface area contributed by atoms with Gasteiger partial charge >= 0.3 is 5.97 Å². The Bertz CT molecular complexity index is 717. The van der Waals surface area contributed by atoms with Crippen LogP contribution in [-0.2, 0) is 9.53 Å². The first-order valence-electron chi connectivity index (χ1n) is 6.92. The maximum atomic E-state index is 12.3. The van der Waals surface area contributed by atoms with Gasteiger partial charge in [-0.05, 0) is 31.2 Å². The minimum atomic E-state index is -0.791. The van der Waals surface area contributed by atoms with E-state index < -0.39 is 18.0 Å². The molecule has 0 spiro atoms. The number of carbonyl (C=O) groups excluding carboxylic acids is 2. The van der Waals surface area contributed by atoms with E-state index in [1.807, 2.05) is 0 Å². The summed E-state index contributed by atoms with van der Waals surface area (Å²) in [7, 11) is 1.28. The van der Waals surface area contributed by atoms with Gasteiger partial charge < -0.3 is 14.8 Å². The second-order valence-electron chi connectivity index (χ2n) is 4.72. The van der Waals surface area contributed by atoms with Crippen molar-refractivity contribution in [2.24, 2.45) is 0 Å². The van der Waals surface area contributed by atoms with Crippen LogP contribution in [0, 0.1) is 0 Å². The van der Waals surface area contributed by atoms with Crippen molar-refractivity contribution in [3.05, 3.63) is 59.1 Å². The Labute approximate surface area is 139 Å². The second kappa shape index (κ2) is 7.65. The number of methoxy groups -OCH3 is 1. The van der Waals surface area contributed by atoms with Gasteiger partial charge in [0.25, 0.3) is 5.91 Å². The zero-order valence-electron chi connectivity index (χ0n) is 12.7. The van der Waals surface area contributed by atoms with Crippen LogP contribution >= 0.6 is 11.6 Å². The number of anilines is 1. The van der Waals surface area contributed by atoms with Gasteiger partial charge in [-0.15, -0.1) is 0 Å². The molecule has 0 aliphatic heterocycles. The zero-order chi connectivity index (χ0) is 16.8. The summed E-state index contributed by atoms with van der Waals surface area (Å²) in [6.07, 6.45) is -0.791. The van der Waals surface area contributed by atoms with Crippen LogP contribution in [0.2, 0.25) is 5.02 Å². The average molecular weight is 334 g/mol. The molecule has 0 aliphatic carbocycles. The molecule has 2 aromatic rings. The molecule has 0 aromatic heterocycles. The average Bonchev–Trinajstić information content (AvgIpc) is 2.56. The Morgan fingerprint density at radius 2 is 1.74 bits per heavy atom. The number of hydrogen-bond donors (Lipinski definition) is 1. The summed E-state index contributed by atoms with van der Waals surface area (Å²) in [6.45, 7) is 1.60. The first-order valence-corrected chi connectivity index (χ1v) is 7.30. The Morgan fingerprint density at radius 3 is 2.43 bits per heavy atom. The van der Waals surface area contributed by atoms with Crippen molar-refractivity contribution in [3.63, 3.8) is 0 Å². The summed E-state index contributed by atoms with van der Waals surface area (Å²) in [5.74, 6) is -0.514. The lowest BCUT2D eigenvalue weighted by atomic mass is 10.1. The monoisotopic (exact) mass is 333 g/mol. The van der Waals surface area contributed by atoms with E-state index >= 15 is 0 Å². The molecule has 1 N–H and O–H groups in total. The number of carbonyl (C=O) groups is 2. The van der Waals surface area contributed by atoms with Crippen LogP contribution in [0.3, 0.4) is 0 Å². The van der Waals surface area contributed by atoms with Crippen LogP contribution in [0.5, 0.6) is 5.75 Å². The number of hydrogen-bond acceptors (Lipinski definition) is 4. The molecule has 1 atom stereocenters. The lowest BCUT2D eigenvalue weighted by Crippen LogP contribution is -2.30. The fourth-order valence-corrected chi connectivity index (χ4v) is 2.08. The molecule has 2 aromatic carbocycles. The predicted molar refractivity (Wildman–Crippen MR) is 88.0 cm³/mol. The summed E-state index contributed by atoms with van der Waals surface area (Å²) in [5, 5.41) is 3.08. The minimum Gasteiger partial charge on any atom is -0.479 e. The van der Waals surface area contributed by atoms with E-state index in [2.05, 4.69) is 5.32 Å². The number of benzene rings is 2. The molecule has 0 bridgehead atoms. The lowest BCUT2D eigenvalue weighted by molar-refractivity contribution is -0.122. The van der Waals surface area contributed by atoms with Gasteiger partial charge in [0, 0.05) is 0 Å². The van der Waals surface area contributed by atoms with Crippen LogP contribution in [0.1, 0.15) is 17.3 Å². The summed E-state index contributed by atoms with van der Waals surface area (Å²) >= 11 is 6.00. The van der Waals surface area contributed by atoms with E-state index in [0.29, 0.717) is 16.5 Å². The van der Waals surface area contributed by atoms with E-state index in [0.717, 1.165) is 0 Å². The lowest BCUT2D eigenvalue weighted by Gasteiger charge is -2.16. The van der Waals surface area contributed by atoms with E-state index in [-0.39, 0.29) is 5.56 Å². The van der Waals surface area contributed by atoms with Gasteiger partial charge in [0.15, 0.2) is 6.10 Å². The van der Waals surface area contributed by atoms with E-state index in [1.165, 1.54) is 7.11 Å². The molecule has 0 unspecified atom stereocenters. The van der Waals surface area contributed by atoms with Crippen molar-refractivity contribution in [2.45, 2.75) is 13.0 Å². The number of halogens is 1. The number of nitrogens with one attached hydrogen (secondary N) is 1. The van der Waals surface area contributed by atoms with Crippen molar-refractivity contribution < 1.29 is 19.1 Å². The fourth-order valence-electron chi connectivity index (χ4n) is 1.90. The zero-order valence-corrected chi connectivity index (χ0v) is 13.5. The van der Waals surface area contributed by atoms with Gasteiger partial charge in [0.1, 0.15) is 5.75 Å². The number of esters is 1. The van der Waals surface area contributed by atoms with Crippen molar-refractivity contribution >= 4 is 29.2 Å². The number of rotatable bonds is 5. The Hall–Kier alpha value is -2.53. The third kappa shape index (κ3) is 4.23. The summed E-state index contributed by atoms with van der Waals surface area (Å²) < 4.78 is 10.2. The molecular weight excluding hydrogens is 318 g/mol. The van der Waals surface area contributed by atoms with Crippen LogP contribution in [-0.4, -0.2) is 25.1 Å². The third-order valence-corrected chi connectivity index (χ3v) is 3.41. The first kappa shape index (κ1) is 16.8. The van der Waals surface area contributed by atoms with E-state index in [4.69, 9.17) is 21.1 Å². The Kier molecular flexibility index (Phi) is 5.60. The molecule has 0 heterocycles. The quantitative estimate of drug-likeness (QED) is 0.850. The molecule has 120 valence electrons. The molecule has 23 heavy (non-hydrogen) atoms. The predicted octanol–water partition coefficient (Wildman–Crippen LogP) is 3.53. The van der Waals surface area contributed by atoms with Gasteiger partial charge in [-0.25, -0.2) is 4.79 Å². The molecule has 6 heteroatoms. The SMILES string of the molecule is COC(=O)c1ccccc1NC(=O)[C@@H](C)Oc1ccccc1Cl. The highest BCUT2D eigenvalue weighted by atomic mass is 35.5. The molecule has 5 nitrogen and oxygen atoms in total. The molecule has 2 rings (SSSR count). The van der Waals surface area contributed by atoms with E-state index in [9.17, 15) is 9.59 Å². The Balaban J connectivity index is 2.10. The molecule has 0 radical (unpaired) electrons. The van der Waals surface area contributed by atoms with Gasteiger partial charge in [-0.3, -0.25) is 4.79 Å². The fraction of sp³-hybridized carbons (Fsp3) is 0.176. The summed E-state index contributed by atoms with van der Waals surface area (Å²) in [6, 6.07) is 13.5. The maximum absolute atomic E-state index is 12.3. The maximum Gasteiger partial charge on any atom is 0.339 e. The number of ether oxygens (including phenoxy) is 2. The van der Waals surface area contributed by atoms with Gasteiger partial charge in [-0.1, -0.05) is 35.9 Å². The number of para-hydroxylation sites is 2. The highest BCUT2D eigenvalue weighted by Crippen LogP contribution is 2.24. The van der Waals surface area contributed by atoms with Crippen LogP contribution in [0.4, 0.5) is 5.69 Å². The molecule has 0 saturated heterocycles. The number of amides is 1. The van der Waals surface area contributed by atoms with Crippen molar-refractivity contribution in [2.75, 3.05) is 12.4 Å². The highest BCUT2D eigenvalue weighted by Gasteiger charge is 2.19. The molecule has 0 saturated carbocycles. The van der Waals surface area contributed by atoms with Crippen molar-refractivity contribution in [3.8, 4) is 5.75 Å². The standard InChI is InChI=1S/C17H16ClNO4/c1-11(23-15-10-6-4-8-13(15)18)16(20)19-14-9-5-3-7-12(14)17(21)22-2/h3-11H,1-2H3,(H,19,20)/t11-/m1/s1. The van der Waals surface area contributed by atoms with Gasteiger partial charge in [0.2, 0.25) is 0 Å². The van der Waals surface area contributed by atoms with Crippen molar-refractivity contribution in [1.82, 2.24) is 0 Å². The van der Waals surface area contributed by atoms with Crippen LogP contribution in [0.15, 0.2) is 48.5 Å². The minimum absolute atomic E-state index is 0.272. The van der Waals surface area contributed by atoms with Crippen LogP contribution < -0.4 is 10.1 Å². The molecule has 0 aliphatic rings. The molecular formula is C17H16ClNO4. The summed E-state index contributed by atoms with van der Waals surface area (Å²) in [4.78, 5) is 24.0. The van der Waals surface area contributed by atoms with Crippen LogP contribution in [0.25, 0.3) is 0 Å². The largest absolute Gasteiger partial charge is 0.479 e. The van der Waals surface area contributed by atoms with Gasteiger partial charge in [-0.2, -0.15) is 0 Å².